The van der Waals surface area contributed by atoms with E-state index in [0.717, 1.165) is 5.69 Å². The van der Waals surface area contributed by atoms with Crippen LogP contribution >= 0.6 is 0 Å². The van der Waals surface area contributed by atoms with Gasteiger partial charge in [0.2, 0.25) is 0 Å². The van der Waals surface area contributed by atoms with E-state index in [0.29, 0.717) is 11.4 Å². The van der Waals surface area contributed by atoms with Crippen LogP contribution in [0.2, 0.25) is 0 Å². The van der Waals surface area contributed by atoms with Gasteiger partial charge in [0.1, 0.15) is 18.0 Å². The lowest BCUT2D eigenvalue weighted by Crippen LogP contribution is -2.07. The second kappa shape index (κ2) is 3.84. The van der Waals surface area contributed by atoms with Gasteiger partial charge in [-0.05, 0) is 13.0 Å². The summed E-state index contributed by atoms with van der Waals surface area (Å²) in [7, 11) is 0. The lowest BCUT2D eigenvalue weighted by atomic mass is 10.4. The number of ether oxygens (including phenoxy) is 1. The van der Waals surface area contributed by atoms with E-state index < -0.39 is 13.0 Å². The number of alkyl halides is 2. The van der Waals surface area contributed by atoms with Crippen LogP contribution in [0.1, 0.15) is 5.69 Å². The Balaban J connectivity index is 2.23. The van der Waals surface area contributed by atoms with Crippen molar-refractivity contribution in [2.24, 2.45) is 0 Å². The van der Waals surface area contributed by atoms with Gasteiger partial charge in [-0.25, -0.2) is 13.8 Å². The van der Waals surface area contributed by atoms with E-state index in [1.807, 2.05) is 11.3 Å². The molecular formula is C10H10F2N2O. The van der Waals surface area contributed by atoms with Crippen LogP contribution in [0, 0.1) is 6.92 Å². The Morgan fingerprint density at radius 3 is 3.07 bits per heavy atom. The predicted octanol–water partition coefficient (Wildman–Crippen LogP) is 2.29. The van der Waals surface area contributed by atoms with Gasteiger partial charge >= 0.3 is 0 Å². The van der Waals surface area contributed by atoms with Crippen LogP contribution in [-0.2, 0) is 0 Å². The highest BCUT2D eigenvalue weighted by molar-refractivity contribution is 5.45. The van der Waals surface area contributed by atoms with Gasteiger partial charge in [0, 0.05) is 24.2 Å². The summed E-state index contributed by atoms with van der Waals surface area (Å²) in [5.74, 6) is 0.411. The molecule has 0 atom stereocenters. The fourth-order valence-corrected chi connectivity index (χ4v) is 1.34. The SMILES string of the molecule is Cc1cnc2cc(OCC(F)F)ccn12. The first-order chi connectivity index (χ1) is 7.16. The summed E-state index contributed by atoms with van der Waals surface area (Å²) in [6.07, 6.45) is 1.01. The molecule has 2 rings (SSSR count). The molecule has 0 bridgehead atoms. The van der Waals surface area contributed by atoms with Crippen LogP contribution in [0.4, 0.5) is 8.78 Å². The number of nitrogens with zero attached hydrogens (tertiary/aromatic N) is 2. The average molecular weight is 212 g/mol. The van der Waals surface area contributed by atoms with E-state index in [-0.39, 0.29) is 0 Å². The van der Waals surface area contributed by atoms with Gasteiger partial charge in [-0.15, -0.1) is 0 Å². The Labute approximate surface area is 85.3 Å². The van der Waals surface area contributed by atoms with Gasteiger partial charge in [-0.2, -0.15) is 0 Å². The smallest absolute Gasteiger partial charge is 0.272 e. The number of fused-ring (bicyclic) bond motifs is 1. The number of imidazole rings is 1. The summed E-state index contributed by atoms with van der Waals surface area (Å²) in [6, 6.07) is 3.28. The molecule has 0 N–H and O–H groups in total. The third-order valence-corrected chi connectivity index (χ3v) is 2.05. The summed E-state index contributed by atoms with van der Waals surface area (Å²) < 4.78 is 30.5. The Morgan fingerprint density at radius 2 is 2.33 bits per heavy atom. The van der Waals surface area contributed by atoms with Crippen LogP contribution in [0.5, 0.6) is 5.75 Å². The summed E-state index contributed by atoms with van der Waals surface area (Å²) in [4.78, 5) is 4.10. The first kappa shape index (κ1) is 9.89. The van der Waals surface area contributed by atoms with Crippen molar-refractivity contribution in [3.8, 4) is 5.75 Å². The normalized spacial score (nSPS) is 11.2. The number of hydrogen-bond donors (Lipinski definition) is 0. The minimum Gasteiger partial charge on any atom is -0.487 e. The molecule has 0 aliphatic heterocycles. The molecule has 0 fully saturated rings. The van der Waals surface area contributed by atoms with Crippen molar-refractivity contribution in [1.82, 2.24) is 9.38 Å². The highest BCUT2D eigenvalue weighted by atomic mass is 19.3. The number of hydrogen-bond acceptors (Lipinski definition) is 2. The van der Waals surface area contributed by atoms with Crippen molar-refractivity contribution < 1.29 is 13.5 Å². The Kier molecular flexibility index (Phi) is 2.53. The molecule has 2 aromatic heterocycles. The van der Waals surface area contributed by atoms with Crippen LogP contribution < -0.4 is 4.74 Å². The Bertz CT molecular complexity index is 467. The lowest BCUT2D eigenvalue weighted by Gasteiger charge is -2.05. The number of halogens is 2. The summed E-state index contributed by atoms with van der Waals surface area (Å²) in [6.45, 7) is 1.33. The monoisotopic (exact) mass is 212 g/mol. The topological polar surface area (TPSA) is 26.5 Å². The second-order valence-electron chi connectivity index (χ2n) is 3.19. The summed E-state index contributed by atoms with van der Waals surface area (Å²) in [5, 5.41) is 0. The molecule has 2 heterocycles. The van der Waals surface area contributed by atoms with E-state index in [9.17, 15) is 8.78 Å². The zero-order valence-electron chi connectivity index (χ0n) is 8.15. The van der Waals surface area contributed by atoms with Gasteiger partial charge in [-0.3, -0.25) is 0 Å². The van der Waals surface area contributed by atoms with Crippen molar-refractivity contribution in [2.75, 3.05) is 6.61 Å². The fourth-order valence-electron chi connectivity index (χ4n) is 1.34. The van der Waals surface area contributed by atoms with Crippen molar-refractivity contribution in [2.45, 2.75) is 13.3 Å². The second-order valence-corrected chi connectivity index (χ2v) is 3.19. The van der Waals surface area contributed by atoms with Crippen molar-refractivity contribution in [3.63, 3.8) is 0 Å². The third kappa shape index (κ3) is 2.06. The van der Waals surface area contributed by atoms with E-state index in [1.165, 1.54) is 0 Å². The molecule has 0 aliphatic rings. The Morgan fingerprint density at radius 1 is 1.53 bits per heavy atom. The molecule has 0 saturated carbocycles. The van der Waals surface area contributed by atoms with E-state index in [1.54, 1.807) is 24.5 Å². The predicted molar refractivity (Wildman–Crippen MR) is 51.4 cm³/mol. The van der Waals surface area contributed by atoms with Gasteiger partial charge < -0.3 is 9.14 Å². The molecule has 0 aromatic carbocycles. The summed E-state index contributed by atoms with van der Waals surface area (Å²) >= 11 is 0. The molecule has 0 unspecified atom stereocenters. The zero-order chi connectivity index (χ0) is 10.8. The molecule has 2 aromatic rings. The minimum absolute atomic E-state index is 0.411. The highest BCUT2D eigenvalue weighted by Crippen LogP contribution is 2.15. The maximum atomic E-state index is 11.9. The van der Waals surface area contributed by atoms with E-state index in [4.69, 9.17) is 4.74 Å². The standard InChI is InChI=1S/C10H10F2N2O/c1-7-5-13-10-4-8(2-3-14(7)10)15-6-9(11)12/h2-5,9H,6H2,1H3. The molecule has 0 amide bonds. The molecule has 3 nitrogen and oxygen atoms in total. The van der Waals surface area contributed by atoms with Crippen molar-refractivity contribution >= 4 is 5.65 Å². The first-order valence-corrected chi connectivity index (χ1v) is 4.51. The number of rotatable bonds is 3. The van der Waals surface area contributed by atoms with E-state index >= 15 is 0 Å². The lowest BCUT2D eigenvalue weighted by molar-refractivity contribution is 0.0819. The number of aromatic nitrogens is 2. The van der Waals surface area contributed by atoms with Gasteiger partial charge in [0.25, 0.3) is 6.43 Å². The van der Waals surface area contributed by atoms with Crippen molar-refractivity contribution in [3.05, 3.63) is 30.2 Å². The first-order valence-electron chi connectivity index (χ1n) is 4.51. The molecule has 0 radical (unpaired) electrons. The zero-order valence-corrected chi connectivity index (χ0v) is 8.15. The molecular weight excluding hydrogens is 202 g/mol. The highest BCUT2D eigenvalue weighted by Gasteiger charge is 2.05. The van der Waals surface area contributed by atoms with Crippen LogP contribution in [-0.4, -0.2) is 22.4 Å². The molecule has 0 spiro atoms. The van der Waals surface area contributed by atoms with Gasteiger partial charge in [0.05, 0.1) is 0 Å². The molecule has 15 heavy (non-hydrogen) atoms. The van der Waals surface area contributed by atoms with E-state index in [2.05, 4.69) is 4.98 Å². The Hall–Kier alpha value is -1.65. The number of aryl methyl sites for hydroxylation is 1. The fraction of sp³-hybridized carbons (Fsp3) is 0.300. The van der Waals surface area contributed by atoms with Crippen LogP contribution in [0.25, 0.3) is 5.65 Å². The van der Waals surface area contributed by atoms with Gasteiger partial charge in [0.15, 0.2) is 0 Å². The summed E-state index contributed by atoms with van der Waals surface area (Å²) in [5.41, 5.74) is 1.68. The molecule has 5 heteroatoms. The molecule has 0 saturated heterocycles. The maximum Gasteiger partial charge on any atom is 0.272 e. The number of pyridine rings is 1. The van der Waals surface area contributed by atoms with Crippen LogP contribution in [0.3, 0.4) is 0 Å². The third-order valence-electron chi connectivity index (χ3n) is 2.05. The van der Waals surface area contributed by atoms with Crippen LogP contribution in [0.15, 0.2) is 24.5 Å². The average Bonchev–Trinajstić information content (AvgIpc) is 2.57. The maximum absolute atomic E-state index is 11.9. The quantitative estimate of drug-likeness (QED) is 0.780. The van der Waals surface area contributed by atoms with Gasteiger partial charge in [-0.1, -0.05) is 0 Å². The minimum atomic E-state index is -2.46. The molecule has 0 aliphatic carbocycles. The largest absolute Gasteiger partial charge is 0.487 e. The van der Waals surface area contributed by atoms with Crippen molar-refractivity contribution in [1.29, 1.82) is 0 Å². The molecule has 80 valence electrons.